The van der Waals surface area contributed by atoms with Crippen LogP contribution >= 0.6 is 0 Å². The first-order chi connectivity index (χ1) is 12.7. The van der Waals surface area contributed by atoms with Gasteiger partial charge >= 0.3 is 0 Å². The molecule has 3 heteroatoms. The number of aromatic nitrogens is 1. The van der Waals surface area contributed by atoms with Gasteiger partial charge in [-0.25, -0.2) is 0 Å². The van der Waals surface area contributed by atoms with Gasteiger partial charge < -0.3 is 10.7 Å². The van der Waals surface area contributed by atoms with Crippen molar-refractivity contribution in [1.29, 1.82) is 5.41 Å². The molecule has 1 aromatic heterocycles. The summed E-state index contributed by atoms with van der Waals surface area (Å²) < 4.78 is 0. The second-order valence-corrected chi connectivity index (χ2v) is 6.88. The molecule has 1 aromatic carbocycles. The van der Waals surface area contributed by atoms with E-state index in [-0.39, 0.29) is 0 Å². The molecule has 2 N–H and O–H groups in total. The van der Waals surface area contributed by atoms with Crippen LogP contribution in [-0.2, 0) is 12.8 Å². The van der Waals surface area contributed by atoms with Gasteiger partial charge in [-0.2, -0.15) is 0 Å². The fourth-order valence-electron chi connectivity index (χ4n) is 3.45. The molecule has 26 heavy (non-hydrogen) atoms. The van der Waals surface area contributed by atoms with E-state index in [4.69, 9.17) is 5.41 Å². The van der Waals surface area contributed by atoms with E-state index in [1.54, 1.807) is 0 Å². The summed E-state index contributed by atoms with van der Waals surface area (Å²) in [6.07, 6.45) is 12.5. The van der Waals surface area contributed by atoms with E-state index >= 15 is 0 Å². The maximum Gasteiger partial charge on any atom is 0.0893 e. The summed E-state index contributed by atoms with van der Waals surface area (Å²) in [5, 5.41) is 11.1. The third-order valence-electron chi connectivity index (χ3n) is 5.14. The van der Waals surface area contributed by atoms with Gasteiger partial charge in [-0.05, 0) is 73.4 Å². The van der Waals surface area contributed by atoms with Crippen LogP contribution in [0, 0.1) is 12.3 Å². The van der Waals surface area contributed by atoms with Crippen molar-refractivity contribution in [2.24, 2.45) is 0 Å². The Kier molecular flexibility index (Phi) is 6.00. The fraction of sp³-hybridized carbons (Fsp3) is 0.304. The van der Waals surface area contributed by atoms with Crippen molar-refractivity contribution in [1.82, 2.24) is 10.3 Å². The Morgan fingerprint density at radius 1 is 1.23 bits per heavy atom. The highest BCUT2D eigenvalue weighted by molar-refractivity contribution is 5.82. The summed E-state index contributed by atoms with van der Waals surface area (Å²) in [7, 11) is 0. The molecule has 1 fully saturated rings. The summed E-state index contributed by atoms with van der Waals surface area (Å²) in [6.45, 7) is 6.10. The molecule has 134 valence electrons. The van der Waals surface area contributed by atoms with Crippen molar-refractivity contribution < 1.29 is 0 Å². The van der Waals surface area contributed by atoms with Gasteiger partial charge in [0.2, 0.25) is 0 Å². The van der Waals surface area contributed by atoms with E-state index in [0.717, 1.165) is 24.2 Å². The lowest BCUT2D eigenvalue weighted by molar-refractivity contribution is 0.378. The summed E-state index contributed by atoms with van der Waals surface area (Å²) in [5.74, 6) is 0. The average Bonchev–Trinajstić information content (AvgIpc) is 2.62. The third kappa shape index (κ3) is 4.10. The zero-order valence-electron chi connectivity index (χ0n) is 15.5. The van der Waals surface area contributed by atoms with E-state index < -0.39 is 0 Å². The molecule has 0 bridgehead atoms. The summed E-state index contributed by atoms with van der Waals surface area (Å²) in [4.78, 5) is 4.63. The standard InChI is InChI=1S/C23H27N3/c1-3-21-17(2)7-4-8-18(21)12-13-19-9-6-16-25-23(19)22(14-15-24)26-20-10-5-11-20/h3-4,6-9,14-16,20,24,26H,1,5,10-13H2,2H3/b22-14-,24-15?. The minimum Gasteiger partial charge on any atom is -0.381 e. The second kappa shape index (κ2) is 8.61. The van der Waals surface area contributed by atoms with Crippen LogP contribution in [0.2, 0.25) is 0 Å². The van der Waals surface area contributed by atoms with Crippen LogP contribution in [-0.4, -0.2) is 17.2 Å². The molecule has 2 aromatic rings. The van der Waals surface area contributed by atoms with E-state index in [2.05, 4.69) is 48.1 Å². The van der Waals surface area contributed by atoms with Crippen LogP contribution in [0.5, 0.6) is 0 Å². The molecule has 1 saturated carbocycles. The Hall–Kier alpha value is -2.68. The molecular weight excluding hydrogens is 318 g/mol. The first kappa shape index (κ1) is 18.1. The zero-order chi connectivity index (χ0) is 18.4. The van der Waals surface area contributed by atoms with Crippen LogP contribution in [0.25, 0.3) is 11.8 Å². The van der Waals surface area contributed by atoms with Gasteiger partial charge in [0.15, 0.2) is 0 Å². The minimum absolute atomic E-state index is 0.514. The number of nitrogens with zero attached hydrogens (tertiary/aromatic N) is 1. The zero-order valence-corrected chi connectivity index (χ0v) is 15.5. The molecule has 1 aliphatic rings. The number of pyridine rings is 1. The lowest BCUT2D eigenvalue weighted by atomic mass is 9.92. The van der Waals surface area contributed by atoms with Crippen molar-refractivity contribution in [2.45, 2.75) is 45.1 Å². The Morgan fingerprint density at radius 3 is 2.69 bits per heavy atom. The number of nitrogens with one attached hydrogen (secondary N) is 2. The maximum atomic E-state index is 7.51. The molecule has 0 radical (unpaired) electrons. The monoisotopic (exact) mass is 345 g/mol. The van der Waals surface area contributed by atoms with E-state index in [1.807, 2.05) is 24.4 Å². The predicted molar refractivity (Wildman–Crippen MR) is 110 cm³/mol. The van der Waals surface area contributed by atoms with E-state index in [1.165, 1.54) is 47.7 Å². The van der Waals surface area contributed by atoms with Gasteiger partial charge in [-0.3, -0.25) is 4.98 Å². The van der Waals surface area contributed by atoms with Crippen LogP contribution in [0.3, 0.4) is 0 Å². The fourth-order valence-corrected chi connectivity index (χ4v) is 3.45. The van der Waals surface area contributed by atoms with E-state index in [0.29, 0.717) is 6.04 Å². The van der Waals surface area contributed by atoms with Crippen molar-refractivity contribution in [3.05, 3.63) is 77.1 Å². The molecule has 3 rings (SSSR count). The van der Waals surface area contributed by atoms with Crippen LogP contribution in [0.15, 0.2) is 49.2 Å². The van der Waals surface area contributed by atoms with Crippen LogP contribution in [0.4, 0.5) is 0 Å². The van der Waals surface area contributed by atoms with E-state index in [9.17, 15) is 0 Å². The smallest absolute Gasteiger partial charge is 0.0893 e. The summed E-state index contributed by atoms with van der Waals surface area (Å²) in [5.41, 5.74) is 6.97. The van der Waals surface area contributed by atoms with Gasteiger partial charge in [-0.1, -0.05) is 36.9 Å². The third-order valence-corrected chi connectivity index (χ3v) is 5.14. The lowest BCUT2D eigenvalue weighted by Crippen LogP contribution is -2.34. The topological polar surface area (TPSA) is 48.8 Å². The number of hydrogen-bond donors (Lipinski definition) is 2. The Bertz CT molecular complexity index is 816. The van der Waals surface area contributed by atoms with Crippen molar-refractivity contribution in [3.8, 4) is 0 Å². The van der Waals surface area contributed by atoms with Gasteiger partial charge in [0.25, 0.3) is 0 Å². The molecule has 1 heterocycles. The van der Waals surface area contributed by atoms with Crippen molar-refractivity contribution >= 4 is 18.0 Å². The average molecular weight is 345 g/mol. The first-order valence-corrected chi connectivity index (χ1v) is 9.35. The highest BCUT2D eigenvalue weighted by Gasteiger charge is 2.20. The minimum atomic E-state index is 0.514. The molecule has 0 aliphatic heterocycles. The first-order valence-electron chi connectivity index (χ1n) is 9.35. The van der Waals surface area contributed by atoms with Gasteiger partial charge in [0, 0.05) is 18.5 Å². The van der Waals surface area contributed by atoms with Gasteiger partial charge in [0.05, 0.1) is 11.4 Å². The van der Waals surface area contributed by atoms with Crippen LogP contribution < -0.4 is 5.32 Å². The molecule has 0 amide bonds. The Labute approximate surface area is 156 Å². The summed E-state index contributed by atoms with van der Waals surface area (Å²) >= 11 is 0. The number of hydrogen-bond acceptors (Lipinski definition) is 3. The molecule has 1 aliphatic carbocycles. The highest BCUT2D eigenvalue weighted by Crippen LogP contribution is 2.24. The van der Waals surface area contributed by atoms with Crippen molar-refractivity contribution in [2.75, 3.05) is 0 Å². The predicted octanol–water partition coefficient (Wildman–Crippen LogP) is 4.95. The SMILES string of the molecule is C=Cc1c(C)cccc1CCc1cccnc1/C(=C/C=N)NC1CCC1. The maximum absolute atomic E-state index is 7.51. The number of aryl methyl sites for hydroxylation is 3. The van der Waals surface area contributed by atoms with Gasteiger partial charge in [-0.15, -0.1) is 0 Å². The second-order valence-electron chi connectivity index (χ2n) is 6.88. The molecule has 0 saturated heterocycles. The normalized spacial score (nSPS) is 14.6. The largest absolute Gasteiger partial charge is 0.381 e. The number of rotatable bonds is 8. The Morgan fingerprint density at radius 2 is 2.00 bits per heavy atom. The van der Waals surface area contributed by atoms with Crippen molar-refractivity contribution in [3.63, 3.8) is 0 Å². The quantitative estimate of drug-likeness (QED) is 0.665. The molecule has 0 spiro atoms. The summed E-state index contributed by atoms with van der Waals surface area (Å²) in [6, 6.07) is 11.1. The van der Waals surface area contributed by atoms with Crippen LogP contribution in [0.1, 0.15) is 47.2 Å². The highest BCUT2D eigenvalue weighted by atomic mass is 15.0. The molecule has 0 atom stereocenters. The lowest BCUT2D eigenvalue weighted by Gasteiger charge is -2.29. The Balaban J connectivity index is 1.82. The molecule has 0 unspecified atom stereocenters. The number of allylic oxidation sites excluding steroid dienone is 1. The molecule has 3 nitrogen and oxygen atoms in total. The molecular formula is C23H27N3. The van der Waals surface area contributed by atoms with Gasteiger partial charge in [0.1, 0.15) is 0 Å². The number of benzene rings is 1.